The number of ether oxygens (including phenoxy) is 1. The second kappa shape index (κ2) is 2.95. The van der Waals surface area contributed by atoms with Crippen LogP contribution in [-0.4, -0.2) is 24.4 Å². The predicted molar refractivity (Wildman–Crippen MR) is 42.2 cm³/mol. The van der Waals surface area contributed by atoms with Gasteiger partial charge < -0.3 is 9.84 Å². The smallest absolute Gasteiger partial charge is 0.0645 e. The van der Waals surface area contributed by atoms with Gasteiger partial charge in [-0.25, -0.2) is 0 Å². The van der Waals surface area contributed by atoms with Crippen LogP contribution in [0.5, 0.6) is 0 Å². The van der Waals surface area contributed by atoms with Crippen LogP contribution < -0.4 is 0 Å². The lowest BCUT2D eigenvalue weighted by molar-refractivity contribution is 0.0892. The third kappa shape index (κ3) is 1.21. The second-order valence-corrected chi connectivity index (χ2v) is 3.42. The van der Waals surface area contributed by atoms with E-state index < -0.39 is 0 Å². The molecule has 62 valence electrons. The molecule has 2 nitrogen and oxygen atoms in total. The van der Waals surface area contributed by atoms with Gasteiger partial charge in [0.05, 0.1) is 12.7 Å². The third-order valence-corrected chi connectivity index (χ3v) is 2.79. The highest BCUT2D eigenvalue weighted by molar-refractivity contribution is 4.99. The van der Waals surface area contributed by atoms with Gasteiger partial charge in [0, 0.05) is 12.5 Å². The first-order valence-electron chi connectivity index (χ1n) is 4.29. The molecule has 1 aliphatic heterocycles. The zero-order valence-electron chi connectivity index (χ0n) is 6.57. The number of fused-ring (bicyclic) bond motifs is 1. The van der Waals surface area contributed by atoms with E-state index in [0.29, 0.717) is 17.9 Å². The molecule has 0 amide bonds. The molecule has 2 rings (SSSR count). The molecule has 1 aliphatic carbocycles. The molecule has 0 spiro atoms. The van der Waals surface area contributed by atoms with Crippen molar-refractivity contribution >= 4 is 0 Å². The zero-order chi connectivity index (χ0) is 7.68. The molecule has 2 aliphatic rings. The van der Waals surface area contributed by atoms with Crippen molar-refractivity contribution in [1.29, 1.82) is 0 Å². The average Bonchev–Trinajstić information content (AvgIpc) is 2.47. The summed E-state index contributed by atoms with van der Waals surface area (Å²) < 4.78 is 5.55. The van der Waals surface area contributed by atoms with Crippen molar-refractivity contribution in [2.45, 2.75) is 18.9 Å². The van der Waals surface area contributed by atoms with Crippen LogP contribution >= 0.6 is 0 Å². The molecule has 1 saturated heterocycles. The molecule has 0 aromatic rings. The van der Waals surface area contributed by atoms with Crippen molar-refractivity contribution in [3.05, 3.63) is 12.2 Å². The fourth-order valence-corrected chi connectivity index (χ4v) is 2.06. The van der Waals surface area contributed by atoms with E-state index in [1.54, 1.807) is 0 Å². The summed E-state index contributed by atoms with van der Waals surface area (Å²) in [4.78, 5) is 0. The van der Waals surface area contributed by atoms with Gasteiger partial charge in [-0.2, -0.15) is 0 Å². The first-order chi connectivity index (χ1) is 5.42. The first-order valence-corrected chi connectivity index (χ1v) is 4.29. The molecule has 1 fully saturated rings. The van der Waals surface area contributed by atoms with Crippen LogP contribution in [0.4, 0.5) is 0 Å². The maximum absolute atomic E-state index is 9.00. The summed E-state index contributed by atoms with van der Waals surface area (Å²) >= 11 is 0. The highest BCUT2D eigenvalue weighted by atomic mass is 16.5. The van der Waals surface area contributed by atoms with Crippen molar-refractivity contribution in [2.24, 2.45) is 11.8 Å². The number of aliphatic hydroxyl groups excluding tert-OH is 1. The number of hydrogen-bond acceptors (Lipinski definition) is 2. The van der Waals surface area contributed by atoms with Crippen LogP contribution in [-0.2, 0) is 4.74 Å². The summed E-state index contributed by atoms with van der Waals surface area (Å²) in [6.45, 7) is 1.04. The Kier molecular flexibility index (Phi) is 1.96. The standard InChI is InChI=1S/C9H14O2/c10-5-7-6-11-9-4-2-1-3-8(7)9/h1-2,7-10H,3-6H2/t7-,8?,9?/m1/s1. The minimum Gasteiger partial charge on any atom is -0.396 e. The van der Waals surface area contributed by atoms with Gasteiger partial charge in [-0.3, -0.25) is 0 Å². The highest BCUT2D eigenvalue weighted by Gasteiger charge is 2.36. The summed E-state index contributed by atoms with van der Waals surface area (Å²) in [5, 5.41) is 9.00. The summed E-state index contributed by atoms with van der Waals surface area (Å²) in [6.07, 6.45) is 6.92. The Labute approximate surface area is 66.9 Å². The van der Waals surface area contributed by atoms with Gasteiger partial charge in [0.15, 0.2) is 0 Å². The molecule has 2 heteroatoms. The molecular formula is C9H14O2. The molecule has 1 N–H and O–H groups in total. The SMILES string of the molecule is OC[C@@H]1COC2CC=CCC21. The van der Waals surface area contributed by atoms with Gasteiger partial charge >= 0.3 is 0 Å². The summed E-state index contributed by atoms with van der Waals surface area (Å²) in [5.74, 6) is 0.981. The van der Waals surface area contributed by atoms with Crippen LogP contribution in [0, 0.1) is 11.8 Å². The Balaban J connectivity index is 2.05. The summed E-state index contributed by atoms with van der Waals surface area (Å²) in [5.41, 5.74) is 0. The van der Waals surface area contributed by atoms with Crippen LogP contribution in [0.15, 0.2) is 12.2 Å². The molecule has 1 heterocycles. The summed E-state index contributed by atoms with van der Waals surface area (Å²) in [7, 11) is 0. The minimum absolute atomic E-state index is 0.287. The van der Waals surface area contributed by atoms with E-state index in [1.165, 1.54) is 0 Å². The van der Waals surface area contributed by atoms with E-state index in [2.05, 4.69) is 12.2 Å². The maximum Gasteiger partial charge on any atom is 0.0645 e. The van der Waals surface area contributed by atoms with Gasteiger partial charge in [0.2, 0.25) is 0 Å². The van der Waals surface area contributed by atoms with Crippen LogP contribution in [0.2, 0.25) is 0 Å². The lowest BCUT2D eigenvalue weighted by Gasteiger charge is -2.22. The topological polar surface area (TPSA) is 29.5 Å². The van der Waals surface area contributed by atoms with Gasteiger partial charge in [0.25, 0.3) is 0 Å². The van der Waals surface area contributed by atoms with Crippen LogP contribution in [0.3, 0.4) is 0 Å². The van der Waals surface area contributed by atoms with E-state index in [1.807, 2.05) is 0 Å². The average molecular weight is 154 g/mol. The normalized spacial score (nSPS) is 42.5. The van der Waals surface area contributed by atoms with Gasteiger partial charge in [-0.1, -0.05) is 12.2 Å². The largest absolute Gasteiger partial charge is 0.396 e. The van der Waals surface area contributed by atoms with Gasteiger partial charge in [0.1, 0.15) is 0 Å². The lowest BCUT2D eigenvalue weighted by Crippen LogP contribution is -2.23. The highest BCUT2D eigenvalue weighted by Crippen LogP contribution is 2.34. The predicted octanol–water partition coefficient (Wildman–Crippen LogP) is 0.960. The van der Waals surface area contributed by atoms with Gasteiger partial charge in [-0.05, 0) is 18.8 Å². The van der Waals surface area contributed by atoms with E-state index in [4.69, 9.17) is 9.84 Å². The number of aliphatic hydroxyl groups is 1. The van der Waals surface area contributed by atoms with Crippen molar-refractivity contribution in [2.75, 3.05) is 13.2 Å². The van der Waals surface area contributed by atoms with Crippen molar-refractivity contribution < 1.29 is 9.84 Å². The molecule has 3 atom stereocenters. The molecule has 11 heavy (non-hydrogen) atoms. The Bertz CT molecular complexity index is 165. The van der Waals surface area contributed by atoms with E-state index in [-0.39, 0.29) is 6.61 Å². The molecule has 0 bridgehead atoms. The number of hydrogen-bond donors (Lipinski definition) is 1. The fourth-order valence-electron chi connectivity index (χ4n) is 2.06. The fraction of sp³-hybridized carbons (Fsp3) is 0.778. The number of rotatable bonds is 1. The Morgan fingerprint density at radius 2 is 2.18 bits per heavy atom. The Morgan fingerprint density at radius 1 is 1.36 bits per heavy atom. The van der Waals surface area contributed by atoms with Crippen molar-refractivity contribution in [3.63, 3.8) is 0 Å². The van der Waals surface area contributed by atoms with Crippen molar-refractivity contribution in [1.82, 2.24) is 0 Å². The van der Waals surface area contributed by atoms with E-state index >= 15 is 0 Å². The second-order valence-electron chi connectivity index (χ2n) is 3.42. The van der Waals surface area contributed by atoms with Crippen LogP contribution in [0.25, 0.3) is 0 Å². The lowest BCUT2D eigenvalue weighted by atomic mass is 9.84. The maximum atomic E-state index is 9.00. The molecule has 0 aromatic carbocycles. The Hall–Kier alpha value is -0.340. The molecule has 0 saturated carbocycles. The minimum atomic E-state index is 0.287. The van der Waals surface area contributed by atoms with Gasteiger partial charge in [-0.15, -0.1) is 0 Å². The van der Waals surface area contributed by atoms with E-state index in [0.717, 1.165) is 19.4 Å². The Morgan fingerprint density at radius 3 is 3.00 bits per heavy atom. The first kappa shape index (κ1) is 7.32. The zero-order valence-corrected chi connectivity index (χ0v) is 6.57. The molecule has 0 radical (unpaired) electrons. The van der Waals surface area contributed by atoms with Crippen LogP contribution in [0.1, 0.15) is 12.8 Å². The molecule has 0 aromatic heterocycles. The monoisotopic (exact) mass is 154 g/mol. The molecule has 2 unspecified atom stereocenters. The third-order valence-electron chi connectivity index (χ3n) is 2.79. The summed E-state index contributed by atoms with van der Waals surface area (Å²) in [6, 6.07) is 0. The number of allylic oxidation sites excluding steroid dienone is 1. The molecular weight excluding hydrogens is 140 g/mol. The van der Waals surface area contributed by atoms with E-state index in [9.17, 15) is 0 Å². The quantitative estimate of drug-likeness (QED) is 0.570. The van der Waals surface area contributed by atoms with Crippen molar-refractivity contribution in [3.8, 4) is 0 Å².